The van der Waals surface area contributed by atoms with Crippen molar-refractivity contribution in [2.24, 2.45) is 5.73 Å². The number of rotatable bonds is 4. The molecular formula is C22H20N6O4S. The normalized spacial score (nSPS) is 13.2. The van der Waals surface area contributed by atoms with Crippen LogP contribution >= 0.6 is 0 Å². The Bertz CT molecular complexity index is 1390. The predicted molar refractivity (Wildman–Crippen MR) is 120 cm³/mol. The van der Waals surface area contributed by atoms with Crippen molar-refractivity contribution in [2.45, 2.75) is 18.0 Å². The average molecular weight is 465 g/mol. The van der Waals surface area contributed by atoms with Gasteiger partial charge in [-0.3, -0.25) is 9.48 Å². The lowest BCUT2D eigenvalue weighted by Gasteiger charge is -2.26. The first kappa shape index (κ1) is 22.0. The number of fused-ring (bicyclic) bond motifs is 1. The van der Waals surface area contributed by atoms with Crippen LogP contribution in [0.1, 0.15) is 21.6 Å². The topological polar surface area (TPSA) is 151 Å². The zero-order valence-corrected chi connectivity index (χ0v) is 18.5. The SMILES string of the molecule is CS(=O)(=O)c1ccc(-c2nn3c(c2C(=O)Nc2ccc(C#N)cc2)CN(C(N)=O)CC3)cc1. The van der Waals surface area contributed by atoms with E-state index in [1.54, 1.807) is 41.1 Å². The third-order valence-electron chi connectivity index (χ3n) is 5.35. The van der Waals surface area contributed by atoms with E-state index in [1.165, 1.54) is 17.0 Å². The molecule has 3 amide bonds. The number of primary amides is 1. The number of nitrogens with one attached hydrogen (secondary N) is 1. The van der Waals surface area contributed by atoms with Crippen molar-refractivity contribution in [3.05, 3.63) is 65.4 Å². The Hall–Kier alpha value is -4.17. The number of amides is 3. The van der Waals surface area contributed by atoms with Gasteiger partial charge in [-0.1, -0.05) is 12.1 Å². The van der Waals surface area contributed by atoms with E-state index in [0.717, 1.165) is 6.26 Å². The average Bonchev–Trinajstić information content (AvgIpc) is 3.18. The molecule has 0 spiro atoms. The second-order valence-electron chi connectivity index (χ2n) is 7.59. The molecular weight excluding hydrogens is 444 g/mol. The van der Waals surface area contributed by atoms with E-state index in [1.807, 2.05) is 6.07 Å². The highest BCUT2D eigenvalue weighted by atomic mass is 32.2. The molecule has 11 heteroatoms. The second kappa shape index (κ2) is 8.40. The monoisotopic (exact) mass is 464 g/mol. The number of nitriles is 1. The van der Waals surface area contributed by atoms with Gasteiger partial charge in [0.25, 0.3) is 5.91 Å². The van der Waals surface area contributed by atoms with Gasteiger partial charge in [-0.25, -0.2) is 13.2 Å². The molecule has 0 aliphatic carbocycles. The molecule has 1 aliphatic heterocycles. The van der Waals surface area contributed by atoms with E-state index in [-0.39, 0.29) is 17.0 Å². The molecule has 0 radical (unpaired) electrons. The summed E-state index contributed by atoms with van der Waals surface area (Å²) >= 11 is 0. The molecule has 3 N–H and O–H groups in total. The first-order valence-electron chi connectivity index (χ1n) is 9.93. The standard InChI is InChI=1S/C22H20N6O4S/c1-33(31,32)17-8-4-15(5-9-17)20-19(18-13-27(22(24)30)10-11-28(18)26-20)21(29)25-16-6-2-14(12-23)3-7-16/h2-9H,10-11,13H2,1H3,(H2,24,30)(H,25,29). The van der Waals surface area contributed by atoms with Crippen molar-refractivity contribution in [2.75, 3.05) is 18.1 Å². The number of nitrogens with two attached hydrogens (primary N) is 1. The number of urea groups is 1. The summed E-state index contributed by atoms with van der Waals surface area (Å²) in [6.45, 7) is 0.823. The van der Waals surface area contributed by atoms with Gasteiger partial charge in [0.15, 0.2) is 9.84 Å². The molecule has 0 saturated heterocycles. The van der Waals surface area contributed by atoms with E-state index in [0.29, 0.717) is 41.3 Å². The molecule has 168 valence electrons. The van der Waals surface area contributed by atoms with Crippen LogP contribution in [0.15, 0.2) is 53.4 Å². The Balaban J connectivity index is 1.77. The molecule has 3 aromatic rings. The number of carbonyl (C=O) groups is 2. The Kier molecular flexibility index (Phi) is 5.61. The summed E-state index contributed by atoms with van der Waals surface area (Å²) in [5.74, 6) is -0.450. The molecule has 0 fully saturated rings. The summed E-state index contributed by atoms with van der Waals surface area (Å²) in [4.78, 5) is 26.7. The molecule has 2 heterocycles. The zero-order chi connectivity index (χ0) is 23.8. The Morgan fingerprint density at radius 2 is 1.76 bits per heavy atom. The van der Waals surface area contributed by atoms with Crippen LogP contribution in [0.2, 0.25) is 0 Å². The lowest BCUT2D eigenvalue weighted by molar-refractivity contribution is 0.102. The number of anilines is 1. The molecule has 4 rings (SSSR count). The summed E-state index contributed by atoms with van der Waals surface area (Å²) in [5.41, 5.74) is 8.10. The van der Waals surface area contributed by atoms with Gasteiger partial charge in [-0.05, 0) is 36.4 Å². The van der Waals surface area contributed by atoms with Crippen molar-refractivity contribution in [3.63, 3.8) is 0 Å². The third-order valence-corrected chi connectivity index (χ3v) is 6.47. The molecule has 1 aromatic heterocycles. The van der Waals surface area contributed by atoms with E-state index in [2.05, 4.69) is 10.4 Å². The van der Waals surface area contributed by atoms with Gasteiger partial charge in [-0.15, -0.1) is 0 Å². The fourth-order valence-electron chi connectivity index (χ4n) is 3.63. The number of benzene rings is 2. The molecule has 10 nitrogen and oxygen atoms in total. The molecule has 33 heavy (non-hydrogen) atoms. The summed E-state index contributed by atoms with van der Waals surface area (Å²) < 4.78 is 25.3. The number of hydrogen-bond donors (Lipinski definition) is 2. The van der Waals surface area contributed by atoms with Crippen molar-refractivity contribution in [1.29, 1.82) is 5.26 Å². The summed E-state index contributed by atoms with van der Waals surface area (Å²) in [6.07, 6.45) is 1.12. The zero-order valence-electron chi connectivity index (χ0n) is 17.6. The van der Waals surface area contributed by atoms with Gasteiger partial charge in [0.2, 0.25) is 0 Å². The van der Waals surface area contributed by atoms with Gasteiger partial charge < -0.3 is 16.0 Å². The Labute approximate surface area is 190 Å². The quantitative estimate of drug-likeness (QED) is 0.602. The van der Waals surface area contributed by atoms with E-state index in [9.17, 15) is 18.0 Å². The molecule has 0 atom stereocenters. The van der Waals surface area contributed by atoms with Gasteiger partial charge in [0, 0.05) is 24.1 Å². The van der Waals surface area contributed by atoms with Gasteiger partial charge in [-0.2, -0.15) is 10.4 Å². The van der Waals surface area contributed by atoms with Crippen molar-refractivity contribution in [1.82, 2.24) is 14.7 Å². The minimum Gasteiger partial charge on any atom is -0.351 e. The fourth-order valence-corrected chi connectivity index (χ4v) is 4.26. The van der Waals surface area contributed by atoms with Crippen molar-refractivity contribution in [3.8, 4) is 17.3 Å². The van der Waals surface area contributed by atoms with Crippen LogP contribution in [0.5, 0.6) is 0 Å². The smallest absolute Gasteiger partial charge is 0.315 e. The lowest BCUT2D eigenvalue weighted by atomic mass is 10.0. The van der Waals surface area contributed by atoms with Gasteiger partial charge >= 0.3 is 6.03 Å². The van der Waals surface area contributed by atoms with E-state index >= 15 is 0 Å². The van der Waals surface area contributed by atoms with Gasteiger partial charge in [0.1, 0.15) is 5.69 Å². The van der Waals surface area contributed by atoms with Crippen LogP contribution in [0, 0.1) is 11.3 Å². The van der Waals surface area contributed by atoms with Crippen LogP contribution in [0.4, 0.5) is 10.5 Å². The maximum atomic E-state index is 13.3. The number of carbonyl (C=O) groups excluding carboxylic acids is 2. The predicted octanol–water partition coefficient (Wildman–Crippen LogP) is 1.97. The number of aromatic nitrogens is 2. The van der Waals surface area contributed by atoms with Crippen LogP contribution in [-0.4, -0.2) is 47.8 Å². The molecule has 1 aliphatic rings. The molecule has 2 aromatic carbocycles. The van der Waals surface area contributed by atoms with E-state index < -0.39 is 21.8 Å². The molecule has 0 unspecified atom stereocenters. The van der Waals surface area contributed by atoms with Crippen molar-refractivity contribution >= 4 is 27.5 Å². The largest absolute Gasteiger partial charge is 0.351 e. The first-order chi connectivity index (χ1) is 15.7. The Morgan fingerprint density at radius 1 is 1.09 bits per heavy atom. The number of sulfone groups is 1. The maximum Gasteiger partial charge on any atom is 0.315 e. The number of nitrogens with zero attached hydrogens (tertiary/aromatic N) is 4. The van der Waals surface area contributed by atoms with Crippen LogP contribution in [-0.2, 0) is 22.9 Å². The Morgan fingerprint density at radius 3 is 2.33 bits per heavy atom. The van der Waals surface area contributed by atoms with Crippen LogP contribution in [0.25, 0.3) is 11.3 Å². The van der Waals surface area contributed by atoms with Gasteiger partial charge in [0.05, 0.1) is 40.9 Å². The summed E-state index contributed by atoms with van der Waals surface area (Å²) in [7, 11) is -3.38. The molecule has 0 bridgehead atoms. The minimum absolute atomic E-state index is 0.111. The maximum absolute atomic E-state index is 13.3. The highest BCUT2D eigenvalue weighted by Gasteiger charge is 2.30. The number of hydrogen-bond acceptors (Lipinski definition) is 6. The van der Waals surface area contributed by atoms with Crippen molar-refractivity contribution < 1.29 is 18.0 Å². The summed E-state index contributed by atoms with van der Waals surface area (Å²) in [5, 5.41) is 16.4. The highest BCUT2D eigenvalue weighted by Crippen LogP contribution is 2.30. The van der Waals surface area contributed by atoms with E-state index in [4.69, 9.17) is 11.0 Å². The lowest BCUT2D eigenvalue weighted by Crippen LogP contribution is -2.42. The fraction of sp³-hybridized carbons (Fsp3) is 0.182. The summed E-state index contributed by atoms with van der Waals surface area (Å²) in [6, 6.07) is 13.9. The van der Waals surface area contributed by atoms with Crippen LogP contribution in [0.3, 0.4) is 0 Å². The molecule has 0 saturated carbocycles. The first-order valence-corrected chi connectivity index (χ1v) is 11.8. The minimum atomic E-state index is -3.38. The third kappa shape index (κ3) is 4.42. The highest BCUT2D eigenvalue weighted by molar-refractivity contribution is 7.90. The van der Waals surface area contributed by atoms with Crippen LogP contribution < -0.4 is 11.1 Å². The second-order valence-corrected chi connectivity index (χ2v) is 9.61.